The highest BCUT2D eigenvalue weighted by atomic mass is 32.2. The maximum Gasteiger partial charge on any atom is 0.286 e. The van der Waals surface area contributed by atoms with Crippen LogP contribution < -0.4 is 10.2 Å². The second kappa shape index (κ2) is 7.52. The molecule has 0 aromatic heterocycles. The van der Waals surface area contributed by atoms with Gasteiger partial charge in [-0.3, -0.25) is 4.79 Å². The Morgan fingerprint density at radius 1 is 1.15 bits per heavy atom. The van der Waals surface area contributed by atoms with Gasteiger partial charge in [0.05, 0.1) is 5.69 Å². The highest BCUT2D eigenvalue weighted by Crippen LogP contribution is 2.33. The van der Waals surface area contributed by atoms with Gasteiger partial charge in [0.25, 0.3) is 15.9 Å². The van der Waals surface area contributed by atoms with E-state index in [1.165, 1.54) is 6.07 Å². The monoisotopic (exact) mass is 385 g/mol. The summed E-state index contributed by atoms with van der Waals surface area (Å²) in [6.07, 6.45) is 0. The van der Waals surface area contributed by atoms with Crippen molar-refractivity contribution in [3.8, 4) is 0 Å². The van der Waals surface area contributed by atoms with Gasteiger partial charge < -0.3 is 10.2 Å². The molecule has 0 saturated heterocycles. The third-order valence-electron chi connectivity index (χ3n) is 4.28. The quantitative estimate of drug-likeness (QED) is 0.857. The van der Waals surface area contributed by atoms with Crippen molar-refractivity contribution in [3.05, 3.63) is 59.7 Å². The lowest BCUT2D eigenvalue weighted by molar-refractivity contribution is 0.0950. The van der Waals surface area contributed by atoms with E-state index in [-0.39, 0.29) is 10.8 Å². The number of nitrogens with zero attached hydrogens (tertiary/aromatic N) is 2. The van der Waals surface area contributed by atoms with Crippen LogP contribution in [0, 0.1) is 5.92 Å². The highest BCUT2D eigenvalue weighted by molar-refractivity contribution is 7.90. The third-order valence-corrected chi connectivity index (χ3v) is 5.66. The molecule has 0 unspecified atom stereocenters. The van der Waals surface area contributed by atoms with Gasteiger partial charge in [-0.05, 0) is 36.6 Å². The molecule has 0 aliphatic carbocycles. The van der Waals surface area contributed by atoms with Gasteiger partial charge in [0.15, 0.2) is 0 Å². The van der Waals surface area contributed by atoms with Crippen LogP contribution in [0.2, 0.25) is 0 Å². The number of rotatable bonds is 5. The molecule has 1 heterocycles. The predicted molar refractivity (Wildman–Crippen MR) is 107 cm³/mol. The second-order valence-electron chi connectivity index (χ2n) is 6.97. The molecule has 0 fully saturated rings. The number of sulfonamides is 1. The van der Waals surface area contributed by atoms with Gasteiger partial charge in [0, 0.05) is 18.7 Å². The summed E-state index contributed by atoms with van der Waals surface area (Å²) < 4.78 is 28.9. The second-order valence-corrected chi connectivity index (χ2v) is 8.54. The van der Waals surface area contributed by atoms with Crippen LogP contribution in [-0.2, 0) is 16.6 Å². The van der Waals surface area contributed by atoms with Crippen LogP contribution >= 0.6 is 0 Å². The predicted octanol–water partition coefficient (Wildman–Crippen LogP) is 3.20. The Labute approximate surface area is 160 Å². The lowest BCUT2D eigenvalue weighted by atomic mass is 10.1. The van der Waals surface area contributed by atoms with Gasteiger partial charge in [-0.2, -0.15) is 8.42 Å². The molecule has 3 rings (SSSR count). The molecule has 0 atom stereocenters. The third kappa shape index (κ3) is 4.19. The number of hydrogen-bond donors (Lipinski definition) is 1. The van der Waals surface area contributed by atoms with Gasteiger partial charge in [0.1, 0.15) is 10.7 Å². The summed E-state index contributed by atoms with van der Waals surface area (Å²) in [6, 6.07) is 14.3. The fraction of sp³-hybridized carbons (Fsp3) is 0.300. The van der Waals surface area contributed by atoms with Crippen molar-refractivity contribution in [2.24, 2.45) is 10.3 Å². The van der Waals surface area contributed by atoms with Crippen LogP contribution in [0.1, 0.15) is 36.7 Å². The van der Waals surface area contributed by atoms with E-state index in [0.29, 0.717) is 36.1 Å². The zero-order chi connectivity index (χ0) is 19.6. The Balaban J connectivity index is 1.88. The number of hydrogen-bond acceptors (Lipinski definition) is 4. The van der Waals surface area contributed by atoms with Crippen molar-refractivity contribution in [1.29, 1.82) is 0 Å². The molecule has 0 radical (unpaired) electrons. The van der Waals surface area contributed by atoms with E-state index in [1.54, 1.807) is 19.1 Å². The fourth-order valence-corrected chi connectivity index (χ4v) is 4.27. The molecule has 1 amide bonds. The summed E-state index contributed by atoms with van der Waals surface area (Å²) in [6.45, 7) is 6.82. The van der Waals surface area contributed by atoms with Gasteiger partial charge in [-0.1, -0.05) is 44.2 Å². The van der Waals surface area contributed by atoms with Crippen molar-refractivity contribution in [3.63, 3.8) is 0 Å². The van der Waals surface area contributed by atoms with Crippen molar-refractivity contribution in [1.82, 2.24) is 5.32 Å². The summed E-state index contributed by atoms with van der Waals surface area (Å²) in [5.74, 6) is 0.452. The highest BCUT2D eigenvalue weighted by Gasteiger charge is 2.30. The molecule has 1 aliphatic heterocycles. The van der Waals surface area contributed by atoms with Crippen LogP contribution in [0.15, 0.2) is 57.8 Å². The van der Waals surface area contributed by atoms with Crippen molar-refractivity contribution in [2.75, 3.05) is 11.4 Å². The zero-order valence-electron chi connectivity index (χ0n) is 15.6. The normalized spacial score (nSPS) is 15.3. The van der Waals surface area contributed by atoms with Gasteiger partial charge in [-0.25, -0.2) is 0 Å². The Kier molecular flexibility index (Phi) is 5.32. The molecular weight excluding hydrogens is 362 g/mol. The van der Waals surface area contributed by atoms with E-state index >= 15 is 0 Å². The molecule has 7 heteroatoms. The molecule has 0 bridgehead atoms. The van der Waals surface area contributed by atoms with Crippen LogP contribution in [0.5, 0.6) is 0 Å². The minimum Gasteiger partial charge on any atom is -0.348 e. The molecule has 1 N–H and O–H groups in total. The molecule has 2 aromatic rings. The number of carbonyl (C=O) groups excluding carboxylic acids is 1. The first-order valence-electron chi connectivity index (χ1n) is 8.83. The summed E-state index contributed by atoms with van der Waals surface area (Å²) in [5, 5.41) is 2.82. The number of carbonyl (C=O) groups is 1. The van der Waals surface area contributed by atoms with E-state index in [9.17, 15) is 13.2 Å². The molecule has 2 aromatic carbocycles. The van der Waals surface area contributed by atoms with Gasteiger partial charge in [0.2, 0.25) is 0 Å². The molecule has 142 valence electrons. The first-order valence-corrected chi connectivity index (χ1v) is 10.3. The lowest BCUT2D eigenvalue weighted by Gasteiger charge is -2.30. The summed E-state index contributed by atoms with van der Waals surface area (Å²) in [4.78, 5) is 14.4. The SMILES string of the molecule is CC1=NS(=O)(=O)c2cc(C(=O)NCc3ccccc3)ccc2N1CC(C)C. The number of benzene rings is 2. The van der Waals surface area contributed by atoms with Crippen molar-refractivity contribution >= 4 is 27.5 Å². The van der Waals surface area contributed by atoms with E-state index < -0.39 is 10.0 Å². The number of anilines is 1. The summed E-state index contributed by atoms with van der Waals surface area (Å²) in [7, 11) is -3.82. The Hall–Kier alpha value is -2.67. The molecule has 27 heavy (non-hydrogen) atoms. The lowest BCUT2D eigenvalue weighted by Crippen LogP contribution is -2.36. The first-order chi connectivity index (χ1) is 12.8. The van der Waals surface area contributed by atoms with Crippen LogP contribution in [0.25, 0.3) is 0 Å². The molecular formula is C20H23N3O3S. The molecule has 0 spiro atoms. The van der Waals surface area contributed by atoms with E-state index in [1.807, 2.05) is 35.2 Å². The Morgan fingerprint density at radius 2 is 1.85 bits per heavy atom. The fourth-order valence-electron chi connectivity index (χ4n) is 3.01. The van der Waals surface area contributed by atoms with Crippen LogP contribution in [-0.4, -0.2) is 26.7 Å². The average Bonchev–Trinajstić information content (AvgIpc) is 2.63. The van der Waals surface area contributed by atoms with E-state index in [4.69, 9.17) is 0 Å². The van der Waals surface area contributed by atoms with Crippen LogP contribution in [0.4, 0.5) is 5.69 Å². The topological polar surface area (TPSA) is 78.8 Å². The largest absolute Gasteiger partial charge is 0.348 e. The average molecular weight is 385 g/mol. The van der Waals surface area contributed by atoms with Gasteiger partial charge >= 0.3 is 0 Å². The summed E-state index contributed by atoms with van der Waals surface area (Å²) in [5.41, 5.74) is 1.84. The van der Waals surface area contributed by atoms with Crippen molar-refractivity contribution < 1.29 is 13.2 Å². The Morgan fingerprint density at radius 3 is 2.52 bits per heavy atom. The van der Waals surface area contributed by atoms with Gasteiger partial charge in [-0.15, -0.1) is 4.40 Å². The number of fused-ring (bicyclic) bond motifs is 1. The van der Waals surface area contributed by atoms with E-state index in [0.717, 1.165) is 5.56 Å². The number of amidine groups is 1. The summed E-state index contributed by atoms with van der Waals surface area (Å²) >= 11 is 0. The minimum atomic E-state index is -3.82. The molecule has 6 nitrogen and oxygen atoms in total. The number of amides is 1. The molecule has 1 aliphatic rings. The maximum atomic E-state index is 12.5. The minimum absolute atomic E-state index is 0.0705. The standard InChI is InChI=1S/C20H23N3O3S/c1-14(2)13-23-15(3)22-27(25,26)19-11-17(9-10-18(19)23)20(24)21-12-16-7-5-4-6-8-16/h4-11,14H,12-13H2,1-3H3,(H,21,24). The Bertz CT molecular complexity index is 983. The van der Waals surface area contributed by atoms with Crippen LogP contribution in [0.3, 0.4) is 0 Å². The molecule has 0 saturated carbocycles. The number of nitrogens with one attached hydrogen (secondary N) is 1. The van der Waals surface area contributed by atoms with Crippen molar-refractivity contribution in [2.45, 2.75) is 32.2 Å². The van der Waals surface area contributed by atoms with E-state index in [2.05, 4.69) is 23.6 Å². The smallest absolute Gasteiger partial charge is 0.286 e. The zero-order valence-corrected chi connectivity index (χ0v) is 16.5. The maximum absolute atomic E-state index is 12.5. The first kappa shape index (κ1) is 19.1.